The molecule has 0 saturated carbocycles. The molecule has 1 aromatic heterocycles. The van der Waals surface area contributed by atoms with Gasteiger partial charge in [-0.05, 0) is 25.1 Å². The molecule has 0 bridgehead atoms. The summed E-state index contributed by atoms with van der Waals surface area (Å²) in [6.07, 6.45) is -4.56. The van der Waals surface area contributed by atoms with Gasteiger partial charge in [0.05, 0.1) is 5.56 Å². The van der Waals surface area contributed by atoms with Crippen molar-refractivity contribution in [3.63, 3.8) is 0 Å². The lowest BCUT2D eigenvalue weighted by atomic mass is 10.1. The van der Waals surface area contributed by atoms with Crippen LogP contribution < -0.4 is 10.6 Å². The summed E-state index contributed by atoms with van der Waals surface area (Å²) in [5.41, 5.74) is -0.289. The quantitative estimate of drug-likeness (QED) is 0.654. The predicted molar refractivity (Wildman–Crippen MR) is 102 cm³/mol. The average molecular weight is 420 g/mol. The standard InChI is InChI=1S/C19H15F3N4O2S/c1-11(23-16(28)13-8-5-9-14(10-13)19(20,21)22)15(27)24-18-26-25-17(29-18)12-6-3-2-4-7-12/h2-11H,1H3,(H,23,28)(H,24,26,27). The van der Waals surface area contributed by atoms with Gasteiger partial charge in [-0.1, -0.05) is 47.7 Å². The van der Waals surface area contributed by atoms with Crippen molar-refractivity contribution in [2.24, 2.45) is 0 Å². The minimum atomic E-state index is -4.56. The molecule has 1 atom stereocenters. The van der Waals surface area contributed by atoms with Gasteiger partial charge in [0.2, 0.25) is 11.0 Å². The van der Waals surface area contributed by atoms with Crippen LogP contribution in [-0.2, 0) is 11.0 Å². The Bertz CT molecular complexity index is 1020. The van der Waals surface area contributed by atoms with Crippen LogP contribution >= 0.6 is 11.3 Å². The van der Waals surface area contributed by atoms with E-state index in [0.717, 1.165) is 35.1 Å². The second kappa shape index (κ2) is 8.39. The third kappa shape index (κ3) is 5.17. The summed E-state index contributed by atoms with van der Waals surface area (Å²) in [5, 5.41) is 13.7. The van der Waals surface area contributed by atoms with Crippen molar-refractivity contribution in [1.29, 1.82) is 0 Å². The summed E-state index contributed by atoms with van der Waals surface area (Å²) in [7, 11) is 0. The van der Waals surface area contributed by atoms with E-state index < -0.39 is 29.6 Å². The first-order valence-electron chi connectivity index (χ1n) is 8.42. The van der Waals surface area contributed by atoms with E-state index in [1.807, 2.05) is 30.3 Å². The molecule has 29 heavy (non-hydrogen) atoms. The highest BCUT2D eigenvalue weighted by atomic mass is 32.1. The van der Waals surface area contributed by atoms with Gasteiger partial charge in [0.25, 0.3) is 5.91 Å². The zero-order valence-electron chi connectivity index (χ0n) is 15.0. The highest BCUT2D eigenvalue weighted by molar-refractivity contribution is 7.18. The predicted octanol–water partition coefficient (Wildman–Crippen LogP) is 3.98. The van der Waals surface area contributed by atoms with Crippen molar-refractivity contribution < 1.29 is 22.8 Å². The molecule has 10 heteroatoms. The Kier molecular flexibility index (Phi) is 5.92. The lowest BCUT2D eigenvalue weighted by Gasteiger charge is -2.14. The maximum Gasteiger partial charge on any atom is 0.416 e. The minimum absolute atomic E-state index is 0.193. The Morgan fingerprint density at radius 2 is 1.76 bits per heavy atom. The van der Waals surface area contributed by atoms with Crippen molar-refractivity contribution in [3.8, 4) is 10.6 Å². The Hall–Kier alpha value is -3.27. The summed E-state index contributed by atoms with van der Waals surface area (Å²) < 4.78 is 38.3. The summed E-state index contributed by atoms with van der Waals surface area (Å²) in [6.45, 7) is 1.42. The van der Waals surface area contributed by atoms with Crippen LogP contribution in [0.1, 0.15) is 22.8 Å². The number of halogens is 3. The number of anilines is 1. The molecule has 150 valence electrons. The van der Waals surface area contributed by atoms with Crippen LogP contribution in [0.25, 0.3) is 10.6 Å². The molecule has 1 unspecified atom stereocenters. The molecule has 0 spiro atoms. The molecule has 0 radical (unpaired) electrons. The van der Waals surface area contributed by atoms with Crippen molar-refractivity contribution in [2.45, 2.75) is 19.1 Å². The highest BCUT2D eigenvalue weighted by Gasteiger charge is 2.31. The number of alkyl halides is 3. The molecule has 3 aromatic rings. The number of benzene rings is 2. The van der Waals surface area contributed by atoms with Crippen LogP contribution in [-0.4, -0.2) is 28.1 Å². The van der Waals surface area contributed by atoms with Crippen LogP contribution in [0.2, 0.25) is 0 Å². The number of hydrogen-bond acceptors (Lipinski definition) is 5. The van der Waals surface area contributed by atoms with Crippen LogP contribution in [0, 0.1) is 0 Å². The van der Waals surface area contributed by atoms with E-state index in [1.54, 1.807) is 0 Å². The van der Waals surface area contributed by atoms with Crippen molar-refractivity contribution in [2.75, 3.05) is 5.32 Å². The maximum atomic E-state index is 12.8. The van der Waals surface area contributed by atoms with E-state index in [-0.39, 0.29) is 10.7 Å². The van der Waals surface area contributed by atoms with Gasteiger partial charge in [-0.3, -0.25) is 14.9 Å². The lowest BCUT2D eigenvalue weighted by molar-refractivity contribution is -0.137. The van der Waals surface area contributed by atoms with E-state index in [4.69, 9.17) is 0 Å². The summed E-state index contributed by atoms with van der Waals surface area (Å²) in [5.74, 6) is -1.36. The summed E-state index contributed by atoms with van der Waals surface area (Å²) in [4.78, 5) is 24.5. The molecule has 2 N–H and O–H groups in total. The lowest BCUT2D eigenvalue weighted by Crippen LogP contribution is -2.41. The number of amides is 2. The molecule has 1 heterocycles. The van der Waals surface area contributed by atoms with Gasteiger partial charge in [-0.15, -0.1) is 10.2 Å². The monoisotopic (exact) mass is 420 g/mol. The van der Waals surface area contributed by atoms with Crippen molar-refractivity contribution in [1.82, 2.24) is 15.5 Å². The number of aromatic nitrogens is 2. The van der Waals surface area contributed by atoms with Gasteiger partial charge in [0, 0.05) is 11.1 Å². The number of nitrogens with one attached hydrogen (secondary N) is 2. The summed E-state index contributed by atoms with van der Waals surface area (Å²) >= 11 is 1.16. The highest BCUT2D eigenvalue weighted by Crippen LogP contribution is 2.29. The largest absolute Gasteiger partial charge is 0.416 e. The Morgan fingerprint density at radius 1 is 1.03 bits per heavy atom. The van der Waals surface area contributed by atoms with Gasteiger partial charge >= 0.3 is 6.18 Å². The van der Waals surface area contributed by atoms with Crippen molar-refractivity contribution in [3.05, 3.63) is 65.7 Å². The summed E-state index contributed by atoms with van der Waals surface area (Å²) in [6, 6.07) is 12.2. The SMILES string of the molecule is CC(NC(=O)c1cccc(C(F)(F)F)c1)C(=O)Nc1nnc(-c2ccccc2)s1. The topological polar surface area (TPSA) is 84.0 Å². The van der Waals surface area contributed by atoms with Gasteiger partial charge in [-0.25, -0.2) is 0 Å². The fraction of sp³-hybridized carbons (Fsp3) is 0.158. The smallest absolute Gasteiger partial charge is 0.341 e. The molecule has 0 saturated heterocycles. The first-order valence-corrected chi connectivity index (χ1v) is 9.23. The number of hydrogen-bond donors (Lipinski definition) is 2. The number of carbonyl (C=O) groups excluding carboxylic acids is 2. The molecule has 0 aliphatic rings. The zero-order chi connectivity index (χ0) is 21.0. The first-order chi connectivity index (χ1) is 13.7. The molecule has 0 aliphatic carbocycles. The molecule has 0 fully saturated rings. The maximum absolute atomic E-state index is 12.8. The number of carbonyl (C=O) groups is 2. The third-order valence-corrected chi connectivity index (χ3v) is 4.76. The Balaban J connectivity index is 1.62. The van der Waals surface area contributed by atoms with E-state index in [1.165, 1.54) is 13.0 Å². The van der Waals surface area contributed by atoms with Gasteiger partial charge < -0.3 is 5.32 Å². The van der Waals surface area contributed by atoms with Crippen LogP contribution in [0.3, 0.4) is 0 Å². The fourth-order valence-corrected chi connectivity index (χ4v) is 3.12. The molecule has 2 amide bonds. The van der Waals surface area contributed by atoms with E-state index in [9.17, 15) is 22.8 Å². The van der Waals surface area contributed by atoms with E-state index >= 15 is 0 Å². The van der Waals surface area contributed by atoms with Gasteiger partial charge in [0.15, 0.2) is 0 Å². The van der Waals surface area contributed by atoms with Gasteiger partial charge in [0.1, 0.15) is 11.0 Å². The number of nitrogens with zero attached hydrogens (tertiary/aromatic N) is 2. The zero-order valence-corrected chi connectivity index (χ0v) is 15.8. The normalized spacial score (nSPS) is 12.3. The average Bonchev–Trinajstić information content (AvgIpc) is 3.16. The first kappa shape index (κ1) is 20.5. The third-order valence-electron chi connectivity index (χ3n) is 3.87. The second-order valence-corrected chi connectivity index (χ2v) is 7.02. The molecule has 3 rings (SSSR count). The van der Waals surface area contributed by atoms with Crippen LogP contribution in [0.4, 0.5) is 18.3 Å². The minimum Gasteiger partial charge on any atom is -0.341 e. The molecule has 0 aliphatic heterocycles. The molecule has 2 aromatic carbocycles. The van der Waals surface area contributed by atoms with Crippen LogP contribution in [0.15, 0.2) is 54.6 Å². The van der Waals surface area contributed by atoms with Gasteiger partial charge in [-0.2, -0.15) is 13.2 Å². The van der Waals surface area contributed by atoms with Crippen LogP contribution in [0.5, 0.6) is 0 Å². The molecular formula is C19H15F3N4O2S. The van der Waals surface area contributed by atoms with E-state index in [0.29, 0.717) is 5.01 Å². The van der Waals surface area contributed by atoms with Crippen molar-refractivity contribution >= 4 is 28.3 Å². The Morgan fingerprint density at radius 3 is 2.45 bits per heavy atom. The Labute approximate surface area is 167 Å². The fourth-order valence-electron chi connectivity index (χ4n) is 2.37. The molecular weight excluding hydrogens is 405 g/mol. The number of rotatable bonds is 5. The molecule has 6 nitrogen and oxygen atoms in total. The second-order valence-electron chi connectivity index (χ2n) is 6.04. The van der Waals surface area contributed by atoms with E-state index in [2.05, 4.69) is 20.8 Å².